The van der Waals surface area contributed by atoms with Gasteiger partial charge in [-0.2, -0.15) is 0 Å². The molecule has 0 aliphatic rings. The molecule has 16 heavy (non-hydrogen) atoms. The number of methoxy groups -OCH3 is 1. The summed E-state index contributed by atoms with van der Waals surface area (Å²) in [5.41, 5.74) is 1.21. The monoisotopic (exact) mass is 242 g/mol. The van der Waals surface area contributed by atoms with Gasteiger partial charge in [-0.3, -0.25) is 4.40 Å². The van der Waals surface area contributed by atoms with Gasteiger partial charge in [-0.1, -0.05) is 6.07 Å². The van der Waals surface area contributed by atoms with Gasteiger partial charge in [0.25, 0.3) is 0 Å². The van der Waals surface area contributed by atoms with Crippen molar-refractivity contribution in [3.05, 3.63) is 35.8 Å². The third-order valence-corrected chi connectivity index (χ3v) is 2.09. The summed E-state index contributed by atoms with van der Waals surface area (Å²) in [6.07, 6.45) is 1.67. The van der Waals surface area contributed by atoms with Gasteiger partial charge in [0, 0.05) is 13.3 Å². The van der Waals surface area contributed by atoms with E-state index < -0.39 is 5.97 Å². The highest BCUT2D eigenvalue weighted by Gasteiger charge is 2.17. The van der Waals surface area contributed by atoms with E-state index >= 15 is 0 Å². The van der Waals surface area contributed by atoms with E-state index in [1.165, 1.54) is 11.5 Å². The molecular formula is C10H11ClN2O3. The summed E-state index contributed by atoms with van der Waals surface area (Å²) in [5, 5.41) is 9.06. The molecule has 0 atom stereocenters. The van der Waals surface area contributed by atoms with E-state index in [9.17, 15) is 4.79 Å². The summed E-state index contributed by atoms with van der Waals surface area (Å²) < 4.78 is 6.45. The predicted molar refractivity (Wildman–Crippen MR) is 60.1 cm³/mol. The molecule has 0 aromatic carbocycles. The first-order valence-corrected chi connectivity index (χ1v) is 4.42. The Bertz CT molecular complexity index is 510. The molecule has 2 heterocycles. The number of fused-ring (bicyclic) bond motifs is 1. The zero-order valence-electron chi connectivity index (χ0n) is 8.58. The molecule has 0 saturated heterocycles. The van der Waals surface area contributed by atoms with Crippen LogP contribution in [0.2, 0.25) is 0 Å². The standard InChI is InChI=1S/C10H10N2O3.ClH/c1-15-6-7-9(10(13)14)12-5-3-2-4-8(12)11-7;/h2-5H,6H2,1H3,(H,13,14);1H. The smallest absolute Gasteiger partial charge is 0.354 e. The van der Waals surface area contributed by atoms with Crippen molar-refractivity contribution in [1.82, 2.24) is 9.38 Å². The zero-order chi connectivity index (χ0) is 10.8. The third kappa shape index (κ3) is 2.00. The number of carbonyl (C=O) groups is 1. The van der Waals surface area contributed by atoms with Crippen molar-refractivity contribution in [2.24, 2.45) is 0 Å². The van der Waals surface area contributed by atoms with Gasteiger partial charge in [0.1, 0.15) is 11.3 Å². The van der Waals surface area contributed by atoms with E-state index in [0.29, 0.717) is 11.3 Å². The Morgan fingerprint density at radius 2 is 2.31 bits per heavy atom. The van der Waals surface area contributed by atoms with Crippen LogP contribution in [0.25, 0.3) is 5.65 Å². The van der Waals surface area contributed by atoms with Gasteiger partial charge in [0.2, 0.25) is 0 Å². The lowest BCUT2D eigenvalue weighted by Gasteiger charge is -1.97. The van der Waals surface area contributed by atoms with Gasteiger partial charge in [-0.05, 0) is 12.1 Å². The normalized spacial score (nSPS) is 10.1. The van der Waals surface area contributed by atoms with E-state index in [4.69, 9.17) is 9.84 Å². The largest absolute Gasteiger partial charge is 0.477 e. The lowest BCUT2D eigenvalue weighted by molar-refractivity contribution is 0.0683. The van der Waals surface area contributed by atoms with Gasteiger partial charge in [0.05, 0.1) is 6.61 Å². The fourth-order valence-corrected chi connectivity index (χ4v) is 1.51. The van der Waals surface area contributed by atoms with Crippen LogP contribution in [-0.4, -0.2) is 27.6 Å². The summed E-state index contributed by atoms with van der Waals surface area (Å²) in [7, 11) is 1.51. The SMILES string of the molecule is COCc1nc2ccccn2c1C(=O)O.Cl. The molecule has 6 heteroatoms. The van der Waals surface area contributed by atoms with Crippen LogP contribution in [0.1, 0.15) is 16.2 Å². The first kappa shape index (κ1) is 12.5. The summed E-state index contributed by atoms with van der Waals surface area (Å²) in [5.74, 6) is -0.999. The fourth-order valence-electron chi connectivity index (χ4n) is 1.51. The second-order valence-electron chi connectivity index (χ2n) is 3.07. The van der Waals surface area contributed by atoms with Gasteiger partial charge in [-0.25, -0.2) is 9.78 Å². The molecule has 86 valence electrons. The van der Waals surface area contributed by atoms with Gasteiger partial charge < -0.3 is 9.84 Å². The van der Waals surface area contributed by atoms with E-state index in [1.807, 2.05) is 6.07 Å². The van der Waals surface area contributed by atoms with Crippen molar-refractivity contribution in [3.8, 4) is 0 Å². The number of pyridine rings is 1. The van der Waals surface area contributed by atoms with Crippen LogP contribution >= 0.6 is 12.4 Å². The molecule has 0 fully saturated rings. The first-order chi connectivity index (χ1) is 7.24. The number of hydrogen-bond donors (Lipinski definition) is 1. The number of ether oxygens (including phenoxy) is 1. The van der Waals surface area contributed by atoms with E-state index in [-0.39, 0.29) is 24.7 Å². The molecule has 0 saturated carbocycles. The minimum absolute atomic E-state index is 0. The Morgan fingerprint density at radius 3 is 2.94 bits per heavy atom. The molecule has 2 aromatic rings. The van der Waals surface area contributed by atoms with E-state index in [2.05, 4.69) is 4.98 Å². The minimum Gasteiger partial charge on any atom is -0.477 e. The highest BCUT2D eigenvalue weighted by molar-refractivity contribution is 5.88. The van der Waals surface area contributed by atoms with Crippen LogP contribution in [0, 0.1) is 0 Å². The van der Waals surface area contributed by atoms with Crippen molar-refractivity contribution in [2.45, 2.75) is 6.61 Å². The topological polar surface area (TPSA) is 63.8 Å². The van der Waals surface area contributed by atoms with Crippen molar-refractivity contribution >= 4 is 24.0 Å². The Morgan fingerprint density at radius 1 is 1.56 bits per heavy atom. The maximum atomic E-state index is 11.1. The van der Waals surface area contributed by atoms with Crippen LogP contribution in [0.3, 0.4) is 0 Å². The molecule has 0 unspecified atom stereocenters. The number of aromatic nitrogens is 2. The van der Waals surface area contributed by atoms with Crippen molar-refractivity contribution < 1.29 is 14.6 Å². The van der Waals surface area contributed by atoms with E-state index in [1.54, 1.807) is 18.3 Å². The number of halogens is 1. The number of hydrogen-bond acceptors (Lipinski definition) is 3. The molecule has 0 amide bonds. The number of aromatic carboxylic acids is 1. The predicted octanol–water partition coefficient (Wildman–Crippen LogP) is 1.60. The average Bonchev–Trinajstić information content (AvgIpc) is 2.56. The lowest BCUT2D eigenvalue weighted by Crippen LogP contribution is -2.05. The Labute approximate surface area is 98.1 Å². The third-order valence-electron chi connectivity index (χ3n) is 2.09. The molecule has 1 N–H and O–H groups in total. The van der Waals surface area contributed by atoms with Gasteiger partial charge >= 0.3 is 5.97 Å². The minimum atomic E-state index is -0.999. The van der Waals surface area contributed by atoms with Crippen LogP contribution in [0.4, 0.5) is 0 Å². The highest BCUT2D eigenvalue weighted by atomic mass is 35.5. The molecule has 0 spiro atoms. The van der Waals surface area contributed by atoms with Crippen molar-refractivity contribution in [3.63, 3.8) is 0 Å². The molecular weight excluding hydrogens is 232 g/mol. The quantitative estimate of drug-likeness (QED) is 0.888. The Hall–Kier alpha value is -1.59. The second kappa shape index (κ2) is 4.96. The molecule has 0 aliphatic carbocycles. The van der Waals surface area contributed by atoms with Crippen LogP contribution in [-0.2, 0) is 11.3 Å². The number of imidazole rings is 1. The molecule has 2 aromatic heterocycles. The maximum absolute atomic E-state index is 11.1. The van der Waals surface area contributed by atoms with Crippen molar-refractivity contribution in [1.29, 1.82) is 0 Å². The highest BCUT2D eigenvalue weighted by Crippen LogP contribution is 2.13. The summed E-state index contributed by atoms with van der Waals surface area (Å²) in [6, 6.07) is 5.33. The van der Waals surface area contributed by atoms with Crippen LogP contribution < -0.4 is 0 Å². The summed E-state index contributed by atoms with van der Waals surface area (Å²) in [6.45, 7) is 0.198. The van der Waals surface area contributed by atoms with E-state index in [0.717, 1.165) is 0 Å². The number of carboxylic acids is 1. The van der Waals surface area contributed by atoms with Crippen LogP contribution in [0.15, 0.2) is 24.4 Å². The molecule has 2 rings (SSSR count). The Kier molecular flexibility index (Phi) is 3.87. The molecule has 0 bridgehead atoms. The fraction of sp³-hybridized carbons (Fsp3) is 0.200. The molecule has 0 aliphatic heterocycles. The maximum Gasteiger partial charge on any atom is 0.354 e. The Balaban J connectivity index is 0.00000128. The van der Waals surface area contributed by atoms with Crippen LogP contribution in [0.5, 0.6) is 0 Å². The summed E-state index contributed by atoms with van der Waals surface area (Å²) >= 11 is 0. The first-order valence-electron chi connectivity index (χ1n) is 4.42. The average molecular weight is 243 g/mol. The van der Waals surface area contributed by atoms with Gasteiger partial charge in [-0.15, -0.1) is 12.4 Å². The number of rotatable bonds is 3. The molecule has 0 radical (unpaired) electrons. The lowest BCUT2D eigenvalue weighted by atomic mass is 10.3. The van der Waals surface area contributed by atoms with Gasteiger partial charge in [0.15, 0.2) is 5.69 Å². The number of carboxylic acid groups (broad SMARTS) is 1. The second-order valence-corrected chi connectivity index (χ2v) is 3.07. The summed E-state index contributed by atoms with van der Waals surface area (Å²) in [4.78, 5) is 15.2. The number of nitrogens with zero attached hydrogens (tertiary/aromatic N) is 2. The zero-order valence-corrected chi connectivity index (χ0v) is 9.40. The molecule has 5 nitrogen and oxygen atoms in total. The van der Waals surface area contributed by atoms with Crippen molar-refractivity contribution in [2.75, 3.05) is 7.11 Å².